The second kappa shape index (κ2) is 20.9. The van der Waals surface area contributed by atoms with Gasteiger partial charge in [-0.25, -0.2) is 9.48 Å². The molecule has 0 aromatic heterocycles. The lowest BCUT2D eigenvalue weighted by Crippen LogP contribution is -2.55. The Labute approximate surface area is 210 Å². The van der Waals surface area contributed by atoms with E-state index in [1.807, 2.05) is 6.20 Å². The van der Waals surface area contributed by atoms with E-state index in [9.17, 15) is 9.90 Å². The number of nitrogens with two attached hydrogens (primary N) is 1. The van der Waals surface area contributed by atoms with Crippen molar-refractivity contribution in [2.45, 2.75) is 129 Å². The van der Waals surface area contributed by atoms with Crippen LogP contribution in [0.1, 0.15) is 129 Å². The summed E-state index contributed by atoms with van der Waals surface area (Å²) in [6, 6.07) is 0. The van der Waals surface area contributed by atoms with E-state index in [4.69, 9.17) is 5.73 Å². The molecule has 0 spiro atoms. The zero-order valence-electron chi connectivity index (χ0n) is 22.2. The molecule has 5 nitrogen and oxygen atoms in total. The van der Waals surface area contributed by atoms with Crippen molar-refractivity contribution in [1.82, 2.24) is 0 Å². The summed E-state index contributed by atoms with van der Waals surface area (Å²) >= 11 is 0. The minimum absolute atomic E-state index is 0.0657. The predicted molar refractivity (Wildman–Crippen MR) is 143 cm³/mol. The monoisotopic (exact) mass is 475 g/mol. The summed E-state index contributed by atoms with van der Waals surface area (Å²) in [6.45, 7) is 3.14. The van der Waals surface area contributed by atoms with Crippen molar-refractivity contribution in [1.29, 1.82) is 0 Å². The number of aliphatic carboxylic acids is 1. The molecule has 0 aliphatic carbocycles. The van der Waals surface area contributed by atoms with Crippen LogP contribution in [-0.2, 0) is 4.79 Å². The fraction of sp³-hybridized carbons (Fsp3) is 0.793. The molecule has 196 valence electrons. The highest BCUT2D eigenvalue weighted by Gasteiger charge is 2.34. The Hall–Kier alpha value is -1.46. The van der Waals surface area contributed by atoms with Gasteiger partial charge in [0.25, 0.3) is 0 Å². The number of allylic oxidation sites excluding steroid dienone is 2. The maximum Gasteiger partial charge on any atom is 0.207 e. The number of carboxylic acid groups (broad SMARTS) is 1. The van der Waals surface area contributed by atoms with E-state index in [1.54, 1.807) is 6.20 Å². The molecule has 0 saturated carbocycles. The minimum Gasteiger partial charge on any atom is -0.544 e. The fourth-order valence-electron chi connectivity index (χ4n) is 4.93. The first-order valence-electron chi connectivity index (χ1n) is 14.3. The second-order valence-electron chi connectivity index (χ2n) is 10.00. The van der Waals surface area contributed by atoms with E-state index >= 15 is 0 Å². The molecule has 1 rings (SSSR count). The Morgan fingerprint density at radius 3 is 1.82 bits per heavy atom. The number of quaternary nitrogens is 1. The van der Waals surface area contributed by atoms with Crippen molar-refractivity contribution in [2.24, 2.45) is 10.7 Å². The molecular weight excluding hydrogens is 422 g/mol. The lowest BCUT2D eigenvalue weighted by Gasteiger charge is -2.32. The van der Waals surface area contributed by atoms with Crippen LogP contribution in [0, 0.1) is 0 Å². The average Bonchev–Trinajstić information content (AvgIpc) is 3.19. The molecule has 5 heteroatoms. The van der Waals surface area contributed by atoms with Crippen molar-refractivity contribution in [2.75, 3.05) is 19.6 Å². The van der Waals surface area contributed by atoms with Gasteiger partial charge >= 0.3 is 0 Å². The number of hydrogen-bond donors (Lipinski definition) is 1. The van der Waals surface area contributed by atoms with Crippen molar-refractivity contribution >= 4 is 11.8 Å². The average molecular weight is 476 g/mol. The van der Waals surface area contributed by atoms with E-state index < -0.39 is 5.97 Å². The third-order valence-corrected chi connectivity index (χ3v) is 6.95. The maximum atomic E-state index is 11.2. The van der Waals surface area contributed by atoms with Crippen LogP contribution in [0.4, 0.5) is 0 Å². The molecular formula is C29H53N3O2. The summed E-state index contributed by atoms with van der Waals surface area (Å²) in [5, 5.41) is 11.2. The van der Waals surface area contributed by atoms with Crippen molar-refractivity contribution in [3.8, 4) is 0 Å². The summed E-state index contributed by atoms with van der Waals surface area (Å²) in [5.41, 5.74) is 5.72. The SMILES string of the molecule is CC/C=C/CCCCCCCCCCCCCCCCCCC1=NC=C[N+]1(CCN)CC(=O)[O-]. The van der Waals surface area contributed by atoms with Crippen LogP contribution in [0.3, 0.4) is 0 Å². The van der Waals surface area contributed by atoms with Gasteiger partial charge in [-0.2, -0.15) is 0 Å². The molecule has 1 aliphatic heterocycles. The molecule has 0 bridgehead atoms. The highest BCUT2D eigenvalue weighted by Crippen LogP contribution is 2.21. The number of aliphatic imine (C=N–C) groups is 1. The van der Waals surface area contributed by atoms with Gasteiger partial charge in [-0.1, -0.05) is 109 Å². The minimum atomic E-state index is -1.05. The Kier molecular flexibility index (Phi) is 18.8. The van der Waals surface area contributed by atoms with E-state index in [-0.39, 0.29) is 11.0 Å². The van der Waals surface area contributed by atoms with Crippen LogP contribution in [0.5, 0.6) is 0 Å². The van der Waals surface area contributed by atoms with Gasteiger partial charge in [-0.15, -0.1) is 0 Å². The van der Waals surface area contributed by atoms with Gasteiger partial charge in [0.1, 0.15) is 19.3 Å². The Bertz CT molecular complexity index is 600. The molecule has 1 heterocycles. The number of carbonyl (C=O) groups is 1. The number of unbranched alkanes of at least 4 members (excludes halogenated alkanes) is 16. The molecule has 0 radical (unpaired) electrons. The highest BCUT2D eigenvalue weighted by molar-refractivity contribution is 5.80. The molecule has 0 aromatic carbocycles. The normalized spacial score (nSPS) is 17.6. The fourth-order valence-corrected chi connectivity index (χ4v) is 4.93. The van der Waals surface area contributed by atoms with Crippen molar-refractivity contribution in [3.63, 3.8) is 0 Å². The topological polar surface area (TPSA) is 78.5 Å². The first-order valence-corrected chi connectivity index (χ1v) is 14.3. The van der Waals surface area contributed by atoms with Crippen molar-refractivity contribution < 1.29 is 14.4 Å². The molecule has 0 amide bonds. The van der Waals surface area contributed by atoms with Gasteiger partial charge in [0.2, 0.25) is 5.84 Å². The summed E-state index contributed by atoms with van der Waals surface area (Å²) in [6.07, 6.45) is 33.0. The third-order valence-electron chi connectivity index (χ3n) is 6.95. The van der Waals surface area contributed by atoms with Gasteiger partial charge in [0.15, 0.2) is 0 Å². The van der Waals surface area contributed by atoms with Gasteiger partial charge in [-0.05, 0) is 25.7 Å². The number of carboxylic acids is 1. The van der Waals surface area contributed by atoms with Crippen LogP contribution >= 0.6 is 0 Å². The van der Waals surface area contributed by atoms with Gasteiger partial charge < -0.3 is 15.6 Å². The van der Waals surface area contributed by atoms with Crippen LogP contribution in [-0.4, -0.2) is 35.9 Å². The largest absolute Gasteiger partial charge is 0.544 e. The summed E-state index contributed by atoms with van der Waals surface area (Å²) in [4.78, 5) is 15.6. The lowest BCUT2D eigenvalue weighted by atomic mass is 10.0. The van der Waals surface area contributed by atoms with E-state index in [1.165, 1.54) is 109 Å². The summed E-state index contributed by atoms with van der Waals surface area (Å²) < 4.78 is 0.246. The van der Waals surface area contributed by atoms with Crippen molar-refractivity contribution in [3.05, 3.63) is 24.6 Å². The van der Waals surface area contributed by atoms with Crippen LogP contribution in [0.15, 0.2) is 29.5 Å². The van der Waals surface area contributed by atoms with Crippen LogP contribution in [0.2, 0.25) is 0 Å². The Balaban J connectivity index is 1.88. The second-order valence-corrected chi connectivity index (χ2v) is 10.00. The number of nitrogens with zero attached hydrogens (tertiary/aromatic N) is 2. The van der Waals surface area contributed by atoms with Gasteiger partial charge in [-0.3, -0.25) is 0 Å². The number of rotatable bonds is 24. The van der Waals surface area contributed by atoms with Crippen LogP contribution in [0.25, 0.3) is 0 Å². The zero-order chi connectivity index (χ0) is 24.7. The lowest BCUT2D eigenvalue weighted by molar-refractivity contribution is -0.780. The standard InChI is InChI=1S/C29H53N3O2/c1-2-3-4-5-6-7-8-9-10-11-12-13-14-15-16-17-18-19-20-21-22-28-31-24-26-32(28,25-23-30)27-29(33)34/h3-4,24,26H,2,5-23,25,27,30H2,1H3/b4-3+. The van der Waals surface area contributed by atoms with E-state index in [0.29, 0.717) is 13.1 Å². The molecule has 34 heavy (non-hydrogen) atoms. The Morgan fingerprint density at radius 1 is 0.853 bits per heavy atom. The molecule has 0 fully saturated rings. The smallest absolute Gasteiger partial charge is 0.207 e. The number of carbonyl (C=O) groups excluding carboxylic acids is 1. The highest BCUT2D eigenvalue weighted by atomic mass is 16.4. The predicted octanol–water partition coefficient (Wildman–Crippen LogP) is 6.38. The zero-order valence-corrected chi connectivity index (χ0v) is 22.2. The molecule has 1 atom stereocenters. The molecule has 2 N–H and O–H groups in total. The molecule has 0 saturated heterocycles. The van der Waals surface area contributed by atoms with Gasteiger partial charge in [0.05, 0.1) is 12.2 Å². The Morgan fingerprint density at radius 2 is 1.35 bits per heavy atom. The van der Waals surface area contributed by atoms with E-state index in [0.717, 1.165) is 18.7 Å². The first kappa shape index (κ1) is 30.6. The maximum absolute atomic E-state index is 11.2. The summed E-state index contributed by atoms with van der Waals surface area (Å²) in [5.74, 6) is -0.122. The van der Waals surface area contributed by atoms with E-state index in [2.05, 4.69) is 24.1 Å². The third kappa shape index (κ3) is 14.7. The number of hydrogen-bond acceptors (Lipinski definition) is 4. The van der Waals surface area contributed by atoms with Gasteiger partial charge in [0, 0.05) is 13.0 Å². The van der Waals surface area contributed by atoms with Crippen LogP contribution < -0.4 is 10.8 Å². The number of amidine groups is 1. The molecule has 0 aromatic rings. The molecule has 1 unspecified atom stereocenters. The molecule has 1 aliphatic rings. The summed E-state index contributed by atoms with van der Waals surface area (Å²) in [7, 11) is 0. The quantitative estimate of drug-likeness (QED) is 0.0999. The first-order chi connectivity index (χ1) is 16.6.